The van der Waals surface area contributed by atoms with E-state index < -0.39 is 0 Å². The van der Waals surface area contributed by atoms with Crippen molar-refractivity contribution >= 4 is 0 Å². The zero-order valence-corrected chi connectivity index (χ0v) is 19.6. The molecule has 0 unspecified atom stereocenters. The predicted molar refractivity (Wildman–Crippen MR) is 47.2 cm³/mol. The first-order valence-electron chi connectivity index (χ1n) is 2.45. The normalized spacial score (nSPS) is 0.889. The maximum Gasteiger partial charge on any atom is 0 e. The molecule has 12 nitrogen and oxygen atoms in total. The SMILES string of the molecule is [C-]#[O+].[C-]#[O+].[C-]#[O+].[C-]#[O+].[C-]#[O+].[C-]#[O+].[C-]#[O+].[C-]#[O+].[C-]#[O+].[C-]#[O+].[C-]#[O+].[C-]#[O+].[Os].[Os].[Os]. The summed E-state index contributed by atoms with van der Waals surface area (Å²) in [5.74, 6) is 0. The molecule has 144 valence electrons. The third-order valence-corrected chi connectivity index (χ3v) is 0. The fraction of sp³-hybridized carbons (Fsp3) is 0. The van der Waals surface area contributed by atoms with Gasteiger partial charge in [-0.2, -0.15) is 0 Å². The van der Waals surface area contributed by atoms with Gasteiger partial charge in [0.1, 0.15) is 0 Å². The van der Waals surface area contributed by atoms with E-state index in [1.807, 2.05) is 0 Å². The van der Waals surface area contributed by atoms with Crippen molar-refractivity contribution in [3.05, 3.63) is 79.8 Å². The first-order chi connectivity index (χ1) is 12.0. The first kappa shape index (κ1) is 136. The summed E-state index contributed by atoms with van der Waals surface area (Å²) in [6.07, 6.45) is 0. The molecular formula is C12O12Os3. The monoisotopic (exact) mass is 912 g/mol. The molecule has 0 radical (unpaired) electrons. The Morgan fingerprint density at radius 3 is 0.148 bits per heavy atom. The molecule has 0 bridgehead atoms. The third kappa shape index (κ3) is 8780. The number of hydrogen-bond acceptors (Lipinski definition) is 0. The Labute approximate surface area is 194 Å². The van der Waals surface area contributed by atoms with E-state index >= 15 is 0 Å². The van der Waals surface area contributed by atoms with Crippen molar-refractivity contribution in [2.24, 2.45) is 0 Å². The molecule has 0 rings (SSSR count). The summed E-state index contributed by atoms with van der Waals surface area (Å²) in [5, 5.41) is 0. The molecule has 0 saturated carbocycles. The molecule has 0 spiro atoms. The summed E-state index contributed by atoms with van der Waals surface area (Å²) in [6.45, 7) is 54.0. The molecule has 0 aromatic rings. The second-order valence-corrected chi connectivity index (χ2v) is 0. The van der Waals surface area contributed by atoms with Crippen molar-refractivity contribution in [2.75, 3.05) is 0 Å². The van der Waals surface area contributed by atoms with Gasteiger partial charge in [-0.3, -0.25) is 0 Å². The standard InChI is InChI=1S/12CO.3Os/c12*1-2;;;. The van der Waals surface area contributed by atoms with Crippen molar-refractivity contribution in [1.82, 2.24) is 0 Å². The molecule has 0 amide bonds. The largest absolute Gasteiger partial charge is 0 e. The number of hydrogen-bond donors (Lipinski definition) is 0. The Morgan fingerprint density at radius 1 is 0.148 bits per heavy atom. The molecule has 0 atom stereocenters. The molecule has 0 fully saturated rings. The van der Waals surface area contributed by atoms with E-state index in [9.17, 15) is 0 Å². The van der Waals surface area contributed by atoms with Crippen molar-refractivity contribution in [3.63, 3.8) is 0 Å². The summed E-state index contributed by atoms with van der Waals surface area (Å²) in [6, 6.07) is 0. The van der Waals surface area contributed by atoms with Gasteiger partial charge in [-0.1, -0.05) is 0 Å². The van der Waals surface area contributed by atoms with Crippen LogP contribution in [0.3, 0.4) is 0 Å². The van der Waals surface area contributed by atoms with Gasteiger partial charge in [0.05, 0.1) is 0 Å². The van der Waals surface area contributed by atoms with E-state index in [1.165, 1.54) is 0 Å². The minimum absolute atomic E-state index is 0. The molecule has 15 heteroatoms. The minimum atomic E-state index is 0. The smallest absolute Gasteiger partial charge is 0 e. The fourth-order valence-corrected chi connectivity index (χ4v) is 0. The Bertz CT molecular complexity index is 224. The second kappa shape index (κ2) is 9570. The Kier molecular flexibility index (Phi) is 48200. The summed E-state index contributed by atoms with van der Waals surface area (Å²) in [5.41, 5.74) is 0. The van der Waals surface area contributed by atoms with Crippen LogP contribution in [0.2, 0.25) is 0 Å². The maximum atomic E-state index is 7.50. The molecule has 0 heterocycles. The molecular weight excluding hydrogens is 907 g/mol. The van der Waals surface area contributed by atoms with Crippen LogP contribution in [0.15, 0.2) is 0 Å². The van der Waals surface area contributed by atoms with Crippen LogP contribution in [0, 0.1) is 79.8 Å². The summed E-state index contributed by atoms with van der Waals surface area (Å²) in [7, 11) is 0. The molecule has 0 aliphatic heterocycles. The molecule has 27 heavy (non-hydrogen) atoms. The van der Waals surface area contributed by atoms with E-state index in [4.69, 9.17) is 55.8 Å². The fourth-order valence-electron chi connectivity index (χ4n) is 0. The summed E-state index contributed by atoms with van der Waals surface area (Å²) in [4.78, 5) is 0. The maximum absolute atomic E-state index is 7.50. The van der Waals surface area contributed by atoms with E-state index in [0.717, 1.165) is 0 Å². The topological polar surface area (TPSA) is 239 Å². The predicted octanol–water partition coefficient (Wildman–Crippen LogP) is -0.458. The van der Waals surface area contributed by atoms with Gasteiger partial charge >= 0.3 is 136 Å². The van der Waals surface area contributed by atoms with Crippen LogP contribution in [-0.4, -0.2) is 0 Å². The number of rotatable bonds is 0. The van der Waals surface area contributed by atoms with Crippen molar-refractivity contribution < 1.29 is 115 Å². The van der Waals surface area contributed by atoms with Crippen LogP contribution in [0.5, 0.6) is 0 Å². The molecule has 0 saturated heterocycles. The Morgan fingerprint density at radius 2 is 0.148 bits per heavy atom. The molecule has 0 aliphatic rings. The Balaban J connectivity index is -0.00000000443. The van der Waals surface area contributed by atoms with Gasteiger partial charge in [0.25, 0.3) is 0 Å². The van der Waals surface area contributed by atoms with Crippen molar-refractivity contribution in [1.29, 1.82) is 0 Å². The van der Waals surface area contributed by atoms with Crippen LogP contribution >= 0.6 is 0 Å². The van der Waals surface area contributed by atoms with Gasteiger partial charge in [0.2, 0.25) is 0 Å². The third-order valence-electron chi connectivity index (χ3n) is 0. The van der Waals surface area contributed by atoms with Gasteiger partial charge in [-0.15, -0.1) is 0 Å². The minimum Gasteiger partial charge on any atom is 0 e. The molecule has 0 aromatic heterocycles. The Hall–Kier alpha value is -1.21. The average molecular weight is 907 g/mol. The molecule has 0 aliphatic carbocycles. The van der Waals surface area contributed by atoms with Crippen molar-refractivity contribution in [2.45, 2.75) is 0 Å². The van der Waals surface area contributed by atoms with Gasteiger partial charge in [-0.05, 0) is 0 Å². The zero-order valence-electron chi connectivity index (χ0n) is 12.0. The second-order valence-electron chi connectivity index (χ2n) is 0. The van der Waals surface area contributed by atoms with E-state index in [1.54, 1.807) is 0 Å². The van der Waals surface area contributed by atoms with Crippen LogP contribution < -0.4 is 0 Å². The molecule has 0 N–H and O–H groups in total. The van der Waals surface area contributed by atoms with Crippen LogP contribution in [0.1, 0.15) is 0 Å². The van der Waals surface area contributed by atoms with E-state index in [2.05, 4.69) is 79.8 Å². The average Bonchev–Trinajstić information content (AvgIpc) is 2.84. The van der Waals surface area contributed by atoms with E-state index in [-0.39, 0.29) is 59.4 Å². The van der Waals surface area contributed by atoms with E-state index in [0.29, 0.717) is 0 Å². The van der Waals surface area contributed by atoms with Crippen molar-refractivity contribution in [3.8, 4) is 0 Å². The van der Waals surface area contributed by atoms with Crippen LogP contribution in [-0.2, 0) is 115 Å². The van der Waals surface area contributed by atoms with Crippen LogP contribution in [0.4, 0.5) is 0 Å². The van der Waals surface area contributed by atoms with Gasteiger partial charge < -0.3 is 0 Å². The van der Waals surface area contributed by atoms with Gasteiger partial charge in [0.15, 0.2) is 0 Å². The zero-order chi connectivity index (χ0) is 24.0. The molecule has 0 aromatic carbocycles. The van der Waals surface area contributed by atoms with Gasteiger partial charge in [0, 0.05) is 59.4 Å². The first-order valence-corrected chi connectivity index (χ1v) is 2.45. The summed E-state index contributed by atoms with van der Waals surface area (Å²) >= 11 is 0. The summed E-state index contributed by atoms with van der Waals surface area (Å²) < 4.78 is 90.0. The van der Waals surface area contributed by atoms with Crippen LogP contribution in [0.25, 0.3) is 0 Å². The van der Waals surface area contributed by atoms with Gasteiger partial charge in [-0.25, -0.2) is 0 Å². The quantitative estimate of drug-likeness (QED) is 0.222.